The van der Waals surface area contributed by atoms with Gasteiger partial charge in [-0.15, -0.1) is 0 Å². The van der Waals surface area contributed by atoms with E-state index in [0.29, 0.717) is 16.8 Å². The van der Waals surface area contributed by atoms with Crippen LogP contribution in [0, 0.1) is 0 Å². The molecule has 0 aliphatic carbocycles. The van der Waals surface area contributed by atoms with Gasteiger partial charge in [0.15, 0.2) is 0 Å². The summed E-state index contributed by atoms with van der Waals surface area (Å²) in [4.78, 5) is 22.3. The topological polar surface area (TPSA) is 88.1 Å². The first-order valence-electron chi connectivity index (χ1n) is 5.90. The van der Waals surface area contributed by atoms with Crippen LogP contribution < -0.4 is 10.3 Å². The molecule has 3 rings (SSSR count). The molecule has 0 amide bonds. The second kappa shape index (κ2) is 4.65. The van der Waals surface area contributed by atoms with Crippen molar-refractivity contribution in [3.63, 3.8) is 0 Å². The van der Waals surface area contributed by atoms with E-state index >= 15 is 0 Å². The molecule has 0 radical (unpaired) electrons. The monoisotopic (exact) mass is 269 g/mol. The Morgan fingerprint density at radius 3 is 2.75 bits per heavy atom. The van der Waals surface area contributed by atoms with Crippen molar-refractivity contribution in [2.45, 2.75) is 0 Å². The Hall–Kier alpha value is -2.89. The molecule has 1 aromatic carbocycles. The molecule has 2 aromatic heterocycles. The van der Waals surface area contributed by atoms with Gasteiger partial charge in [0.1, 0.15) is 11.3 Å². The Kier molecular flexibility index (Phi) is 2.83. The quantitative estimate of drug-likeness (QED) is 0.739. The van der Waals surface area contributed by atoms with E-state index in [4.69, 9.17) is 4.74 Å². The zero-order valence-corrected chi connectivity index (χ0v) is 10.6. The molecule has 0 aliphatic heterocycles. The van der Waals surface area contributed by atoms with E-state index in [0.717, 1.165) is 5.56 Å². The Morgan fingerprint density at radius 1 is 1.20 bits per heavy atom. The van der Waals surface area contributed by atoms with Gasteiger partial charge in [0.25, 0.3) is 5.56 Å². The number of hydrogen-bond acceptors (Lipinski definition) is 5. The summed E-state index contributed by atoms with van der Waals surface area (Å²) in [6, 6.07) is 6.74. The molecule has 0 fully saturated rings. The van der Waals surface area contributed by atoms with Gasteiger partial charge in [0.2, 0.25) is 5.88 Å². The Bertz CT molecular complexity index is 825. The van der Waals surface area contributed by atoms with E-state index in [9.17, 15) is 9.90 Å². The van der Waals surface area contributed by atoms with E-state index in [2.05, 4.69) is 15.0 Å². The van der Waals surface area contributed by atoms with Crippen molar-refractivity contribution in [3.05, 3.63) is 47.1 Å². The maximum atomic E-state index is 11.8. The first-order valence-corrected chi connectivity index (χ1v) is 5.90. The molecule has 0 atom stereocenters. The first-order chi connectivity index (χ1) is 9.69. The number of aromatic nitrogens is 3. The van der Waals surface area contributed by atoms with Crippen LogP contribution in [0.25, 0.3) is 22.0 Å². The molecule has 20 heavy (non-hydrogen) atoms. The lowest BCUT2D eigenvalue weighted by Crippen LogP contribution is -2.06. The van der Waals surface area contributed by atoms with Crippen LogP contribution in [0.5, 0.6) is 11.6 Å². The number of aromatic hydroxyl groups is 1. The highest BCUT2D eigenvalue weighted by Crippen LogP contribution is 2.29. The van der Waals surface area contributed by atoms with Crippen molar-refractivity contribution < 1.29 is 9.84 Å². The molecule has 0 unspecified atom stereocenters. The van der Waals surface area contributed by atoms with Gasteiger partial charge in [-0.05, 0) is 23.8 Å². The summed E-state index contributed by atoms with van der Waals surface area (Å²) in [5.41, 5.74) is 1.43. The number of rotatable bonds is 2. The third-order valence-corrected chi connectivity index (χ3v) is 3.00. The fraction of sp³-hybridized carbons (Fsp3) is 0.0714. The SMILES string of the molecule is COc1ccc(-c2cc(O)c3nc[nH]c(=O)c3c2)cn1. The number of benzene rings is 1. The van der Waals surface area contributed by atoms with E-state index in [1.54, 1.807) is 30.5 Å². The summed E-state index contributed by atoms with van der Waals surface area (Å²) in [5.74, 6) is 0.456. The number of pyridine rings is 1. The summed E-state index contributed by atoms with van der Waals surface area (Å²) >= 11 is 0. The van der Waals surface area contributed by atoms with E-state index in [-0.39, 0.29) is 16.8 Å². The van der Waals surface area contributed by atoms with Crippen molar-refractivity contribution in [1.29, 1.82) is 0 Å². The van der Waals surface area contributed by atoms with Crippen LogP contribution >= 0.6 is 0 Å². The Labute approximate surface area is 113 Å². The molecule has 0 aliphatic rings. The number of nitrogens with one attached hydrogen (secondary N) is 1. The van der Waals surface area contributed by atoms with Gasteiger partial charge in [-0.3, -0.25) is 4.79 Å². The predicted octanol–water partition coefficient (Wildman–Crippen LogP) is 1.70. The van der Waals surface area contributed by atoms with Gasteiger partial charge in [0.05, 0.1) is 18.8 Å². The number of phenolic OH excluding ortho intramolecular Hbond substituents is 1. The van der Waals surface area contributed by atoms with Crippen molar-refractivity contribution >= 4 is 10.9 Å². The zero-order chi connectivity index (χ0) is 14.1. The number of hydrogen-bond donors (Lipinski definition) is 2. The second-order valence-corrected chi connectivity index (χ2v) is 4.21. The van der Waals surface area contributed by atoms with Crippen LogP contribution in [0.3, 0.4) is 0 Å². The van der Waals surface area contributed by atoms with Crippen LogP contribution in [-0.4, -0.2) is 27.2 Å². The lowest BCUT2D eigenvalue weighted by molar-refractivity contribution is 0.398. The minimum Gasteiger partial charge on any atom is -0.506 e. The third kappa shape index (κ3) is 1.97. The maximum absolute atomic E-state index is 11.8. The molecule has 2 heterocycles. The number of aromatic amines is 1. The molecular weight excluding hydrogens is 258 g/mol. The average Bonchev–Trinajstić information content (AvgIpc) is 2.48. The fourth-order valence-corrected chi connectivity index (χ4v) is 2.00. The van der Waals surface area contributed by atoms with Gasteiger partial charge < -0.3 is 14.8 Å². The van der Waals surface area contributed by atoms with E-state index < -0.39 is 0 Å². The molecular formula is C14H11N3O3. The van der Waals surface area contributed by atoms with Crippen LogP contribution in [0.15, 0.2) is 41.6 Å². The molecule has 6 heteroatoms. The second-order valence-electron chi connectivity index (χ2n) is 4.21. The Balaban J connectivity index is 2.21. The molecule has 3 aromatic rings. The fourth-order valence-electron chi connectivity index (χ4n) is 2.00. The van der Waals surface area contributed by atoms with E-state index in [1.165, 1.54) is 13.4 Å². The van der Waals surface area contributed by atoms with Crippen molar-refractivity contribution in [2.24, 2.45) is 0 Å². The van der Waals surface area contributed by atoms with Gasteiger partial charge in [-0.1, -0.05) is 0 Å². The van der Waals surface area contributed by atoms with Crippen LogP contribution in [0.1, 0.15) is 0 Å². The number of ether oxygens (including phenoxy) is 1. The summed E-state index contributed by atoms with van der Waals surface area (Å²) < 4.78 is 4.99. The van der Waals surface area contributed by atoms with Crippen molar-refractivity contribution in [1.82, 2.24) is 15.0 Å². The largest absolute Gasteiger partial charge is 0.506 e. The molecule has 0 spiro atoms. The molecule has 6 nitrogen and oxygen atoms in total. The molecule has 2 N–H and O–H groups in total. The predicted molar refractivity (Wildman–Crippen MR) is 73.8 cm³/mol. The molecule has 0 saturated heterocycles. The number of fused-ring (bicyclic) bond motifs is 1. The van der Waals surface area contributed by atoms with Crippen LogP contribution in [-0.2, 0) is 0 Å². The minimum absolute atomic E-state index is 0.0422. The lowest BCUT2D eigenvalue weighted by atomic mass is 10.0. The standard InChI is InChI=1S/C14H11N3O3/c1-20-12-3-2-8(6-15-12)9-4-10-13(11(18)5-9)16-7-17-14(10)19/h2-7,18H,1H3,(H,16,17,19). The van der Waals surface area contributed by atoms with Gasteiger partial charge in [0, 0.05) is 17.8 Å². The van der Waals surface area contributed by atoms with Gasteiger partial charge >= 0.3 is 0 Å². The normalized spacial score (nSPS) is 10.7. The minimum atomic E-state index is -0.298. The lowest BCUT2D eigenvalue weighted by Gasteiger charge is -2.06. The van der Waals surface area contributed by atoms with Crippen LogP contribution in [0.2, 0.25) is 0 Å². The summed E-state index contributed by atoms with van der Waals surface area (Å²) in [6.07, 6.45) is 2.88. The number of phenols is 1. The summed E-state index contributed by atoms with van der Waals surface area (Å²) in [6.45, 7) is 0. The summed E-state index contributed by atoms with van der Waals surface area (Å²) in [5, 5.41) is 10.3. The highest BCUT2D eigenvalue weighted by molar-refractivity contribution is 5.88. The molecule has 0 saturated carbocycles. The smallest absolute Gasteiger partial charge is 0.258 e. The Morgan fingerprint density at radius 2 is 2.05 bits per heavy atom. The first kappa shape index (κ1) is 12.2. The number of nitrogens with zero attached hydrogens (tertiary/aromatic N) is 2. The molecule has 100 valence electrons. The van der Waals surface area contributed by atoms with Gasteiger partial charge in [-0.25, -0.2) is 9.97 Å². The number of H-pyrrole nitrogens is 1. The van der Waals surface area contributed by atoms with Crippen molar-refractivity contribution in [3.8, 4) is 22.8 Å². The highest BCUT2D eigenvalue weighted by atomic mass is 16.5. The van der Waals surface area contributed by atoms with Crippen LogP contribution in [0.4, 0.5) is 0 Å². The van der Waals surface area contributed by atoms with E-state index in [1.807, 2.05) is 0 Å². The zero-order valence-electron chi connectivity index (χ0n) is 10.6. The third-order valence-electron chi connectivity index (χ3n) is 3.00. The molecule has 0 bridgehead atoms. The summed E-state index contributed by atoms with van der Waals surface area (Å²) in [7, 11) is 1.54. The van der Waals surface area contributed by atoms with Crippen molar-refractivity contribution in [2.75, 3.05) is 7.11 Å². The number of methoxy groups -OCH3 is 1. The highest BCUT2D eigenvalue weighted by Gasteiger charge is 2.09. The maximum Gasteiger partial charge on any atom is 0.258 e. The average molecular weight is 269 g/mol. The van der Waals surface area contributed by atoms with Gasteiger partial charge in [-0.2, -0.15) is 0 Å².